The molecule has 0 bridgehead atoms. The molecule has 4 rings (SSSR count). The molecule has 1 amide bonds. The average Bonchev–Trinajstić information content (AvgIpc) is 3.33. The van der Waals surface area contributed by atoms with Crippen LogP contribution in [0.1, 0.15) is 22.3 Å². The summed E-state index contributed by atoms with van der Waals surface area (Å²) < 4.78 is 2.25. The summed E-state index contributed by atoms with van der Waals surface area (Å²) in [5.74, 6) is 2.20. The van der Waals surface area contributed by atoms with E-state index in [2.05, 4.69) is 22.4 Å². The molecule has 2 aromatic carbocycles. The third-order valence-electron chi connectivity index (χ3n) is 4.44. The number of fused-ring (bicyclic) bond motifs is 1. The summed E-state index contributed by atoms with van der Waals surface area (Å²) >= 11 is 5.11. The monoisotopic (exact) mass is 411 g/mol. The fraction of sp³-hybridized carbons (Fsp3) is 0.250. The third-order valence-corrected chi connectivity index (χ3v) is 7.88. The van der Waals surface area contributed by atoms with E-state index in [0.717, 1.165) is 26.9 Å². The predicted molar refractivity (Wildman–Crippen MR) is 113 cm³/mol. The normalized spacial score (nSPS) is 19.1. The number of hydrogen-bond acceptors (Lipinski definition) is 6. The van der Waals surface area contributed by atoms with Gasteiger partial charge >= 0.3 is 0 Å². The van der Waals surface area contributed by atoms with E-state index < -0.39 is 5.54 Å². The first kappa shape index (κ1) is 18.4. The largest absolute Gasteiger partial charge is 0.333 e. The Bertz CT molecular complexity index is 968. The molecule has 0 radical (unpaired) electrons. The van der Waals surface area contributed by atoms with Gasteiger partial charge in [0.25, 0.3) is 5.91 Å². The number of carbonyl (C=O) groups is 1. The fourth-order valence-electron chi connectivity index (χ4n) is 2.88. The maximum atomic E-state index is 12.5. The summed E-state index contributed by atoms with van der Waals surface area (Å²) in [6.07, 6.45) is 0.705. The van der Waals surface area contributed by atoms with Crippen molar-refractivity contribution >= 4 is 51.0 Å². The minimum Gasteiger partial charge on any atom is -0.333 e. The van der Waals surface area contributed by atoms with Crippen molar-refractivity contribution in [2.75, 3.05) is 11.5 Å². The molecule has 3 aromatic rings. The Labute approximate surface area is 170 Å². The second kappa shape index (κ2) is 7.93. The highest BCUT2D eigenvalue weighted by Crippen LogP contribution is 2.31. The molecule has 1 saturated heterocycles. The molecule has 0 saturated carbocycles. The van der Waals surface area contributed by atoms with E-state index in [0.29, 0.717) is 17.7 Å². The van der Waals surface area contributed by atoms with Crippen molar-refractivity contribution in [1.29, 1.82) is 5.26 Å². The molecule has 1 atom stereocenters. The van der Waals surface area contributed by atoms with E-state index in [9.17, 15) is 10.1 Å². The topological polar surface area (TPSA) is 65.8 Å². The van der Waals surface area contributed by atoms with Crippen molar-refractivity contribution in [3.05, 3.63) is 59.7 Å². The molecule has 1 aromatic heterocycles. The SMILES string of the molecule is N#CC1(NC(=O)c2ccc(CSc3nc4ccccc4s3)cc2)CCSC1. The van der Waals surface area contributed by atoms with E-state index in [-0.39, 0.29) is 5.91 Å². The number of amides is 1. The number of benzene rings is 2. The summed E-state index contributed by atoms with van der Waals surface area (Å²) in [5, 5.41) is 12.3. The first-order valence-electron chi connectivity index (χ1n) is 8.56. The number of rotatable bonds is 5. The number of para-hydroxylation sites is 1. The maximum absolute atomic E-state index is 12.5. The minimum absolute atomic E-state index is 0.176. The Morgan fingerprint density at radius 2 is 2.07 bits per heavy atom. The van der Waals surface area contributed by atoms with Crippen LogP contribution in [0.3, 0.4) is 0 Å². The van der Waals surface area contributed by atoms with Gasteiger partial charge in [-0.25, -0.2) is 4.98 Å². The van der Waals surface area contributed by atoms with Gasteiger partial charge in [0.1, 0.15) is 5.54 Å². The van der Waals surface area contributed by atoms with Crippen LogP contribution in [0.2, 0.25) is 0 Å². The molecule has 1 unspecified atom stereocenters. The van der Waals surface area contributed by atoms with Crippen LogP contribution in [0.15, 0.2) is 52.9 Å². The molecule has 4 nitrogen and oxygen atoms in total. The molecule has 2 heterocycles. The zero-order valence-electron chi connectivity index (χ0n) is 14.5. The Morgan fingerprint density at radius 1 is 1.26 bits per heavy atom. The van der Waals surface area contributed by atoms with Crippen LogP contribution in [0.5, 0.6) is 0 Å². The summed E-state index contributed by atoms with van der Waals surface area (Å²) in [4.78, 5) is 17.1. The van der Waals surface area contributed by atoms with E-state index in [1.54, 1.807) is 34.9 Å². The van der Waals surface area contributed by atoms with Crippen LogP contribution in [-0.2, 0) is 5.75 Å². The number of hydrogen-bond donors (Lipinski definition) is 1. The molecule has 1 aliphatic heterocycles. The number of nitrogens with zero attached hydrogens (tertiary/aromatic N) is 2. The van der Waals surface area contributed by atoms with Crippen molar-refractivity contribution < 1.29 is 4.79 Å². The van der Waals surface area contributed by atoms with Gasteiger partial charge in [0, 0.05) is 17.1 Å². The highest BCUT2D eigenvalue weighted by molar-refractivity contribution is 8.00. The van der Waals surface area contributed by atoms with Gasteiger partial charge in [0.2, 0.25) is 0 Å². The summed E-state index contributed by atoms with van der Waals surface area (Å²) in [7, 11) is 0. The van der Waals surface area contributed by atoms with Gasteiger partial charge in [0.15, 0.2) is 4.34 Å². The molecule has 0 aliphatic carbocycles. The lowest BCUT2D eigenvalue weighted by molar-refractivity contribution is 0.0926. The zero-order valence-corrected chi connectivity index (χ0v) is 16.9. The highest BCUT2D eigenvalue weighted by atomic mass is 32.2. The first-order valence-corrected chi connectivity index (χ1v) is 11.5. The molecule has 1 aliphatic rings. The number of thiazole rings is 1. The fourth-order valence-corrected chi connectivity index (χ4v) is 6.17. The van der Waals surface area contributed by atoms with E-state index in [1.807, 2.05) is 42.5 Å². The average molecular weight is 412 g/mol. The van der Waals surface area contributed by atoms with Crippen molar-refractivity contribution in [2.24, 2.45) is 0 Å². The van der Waals surface area contributed by atoms with Crippen molar-refractivity contribution in [1.82, 2.24) is 10.3 Å². The lowest BCUT2D eigenvalue weighted by Crippen LogP contribution is -2.47. The van der Waals surface area contributed by atoms with Gasteiger partial charge in [-0.3, -0.25) is 4.79 Å². The van der Waals surface area contributed by atoms with E-state index in [1.165, 1.54) is 4.70 Å². The molecule has 1 fully saturated rings. The number of carbonyl (C=O) groups excluding carboxylic acids is 1. The Kier molecular flexibility index (Phi) is 5.39. The second-order valence-electron chi connectivity index (χ2n) is 6.38. The Balaban J connectivity index is 1.38. The molecular weight excluding hydrogens is 394 g/mol. The molecule has 1 N–H and O–H groups in total. The third kappa shape index (κ3) is 4.13. The van der Waals surface area contributed by atoms with Gasteiger partial charge in [-0.2, -0.15) is 17.0 Å². The van der Waals surface area contributed by atoms with Crippen LogP contribution in [-0.4, -0.2) is 27.9 Å². The predicted octanol–water partition coefficient (Wildman–Crippen LogP) is 4.72. The lowest BCUT2D eigenvalue weighted by Gasteiger charge is -2.21. The summed E-state index contributed by atoms with van der Waals surface area (Å²) in [5.41, 5.74) is 2.05. The lowest BCUT2D eigenvalue weighted by atomic mass is 10.0. The van der Waals surface area contributed by atoms with Crippen molar-refractivity contribution in [3.63, 3.8) is 0 Å². The zero-order chi connectivity index (χ0) is 18.7. The van der Waals surface area contributed by atoms with Gasteiger partial charge in [-0.15, -0.1) is 11.3 Å². The van der Waals surface area contributed by atoms with Gasteiger partial charge < -0.3 is 5.32 Å². The minimum atomic E-state index is -0.719. The second-order valence-corrected chi connectivity index (χ2v) is 9.74. The Morgan fingerprint density at radius 3 is 2.78 bits per heavy atom. The quantitative estimate of drug-likeness (QED) is 0.616. The van der Waals surface area contributed by atoms with Crippen molar-refractivity contribution in [3.8, 4) is 6.07 Å². The molecule has 136 valence electrons. The number of nitrogens with one attached hydrogen (secondary N) is 1. The smallest absolute Gasteiger partial charge is 0.252 e. The molecular formula is C20H17N3OS3. The number of nitriles is 1. The van der Waals surface area contributed by atoms with Crippen LogP contribution in [0.25, 0.3) is 10.2 Å². The Hall–Kier alpha value is -2.01. The highest BCUT2D eigenvalue weighted by Gasteiger charge is 2.36. The summed E-state index contributed by atoms with van der Waals surface area (Å²) in [6.45, 7) is 0. The molecule has 0 spiro atoms. The number of thioether (sulfide) groups is 2. The van der Waals surface area contributed by atoms with Gasteiger partial charge in [-0.1, -0.05) is 36.0 Å². The van der Waals surface area contributed by atoms with Crippen LogP contribution in [0.4, 0.5) is 0 Å². The van der Waals surface area contributed by atoms with Crippen LogP contribution < -0.4 is 5.32 Å². The maximum Gasteiger partial charge on any atom is 0.252 e. The molecule has 27 heavy (non-hydrogen) atoms. The summed E-state index contributed by atoms with van der Waals surface area (Å²) in [6, 6.07) is 18.0. The van der Waals surface area contributed by atoms with Gasteiger partial charge in [-0.05, 0) is 42.0 Å². The van der Waals surface area contributed by atoms with Crippen LogP contribution in [0, 0.1) is 11.3 Å². The number of aromatic nitrogens is 1. The van der Waals surface area contributed by atoms with Crippen LogP contribution >= 0.6 is 34.9 Å². The molecule has 7 heteroatoms. The van der Waals surface area contributed by atoms with Gasteiger partial charge in [0.05, 0.1) is 16.3 Å². The first-order chi connectivity index (χ1) is 13.2. The van der Waals surface area contributed by atoms with Crippen molar-refractivity contribution in [2.45, 2.75) is 22.1 Å². The standard InChI is InChI=1S/C20H17N3OS3/c21-12-20(9-10-25-13-20)23-18(24)15-7-5-14(6-8-15)11-26-19-22-16-3-1-2-4-17(16)27-19/h1-8H,9-11,13H2,(H,23,24). The van der Waals surface area contributed by atoms with E-state index >= 15 is 0 Å². The van der Waals surface area contributed by atoms with E-state index in [4.69, 9.17) is 0 Å².